The van der Waals surface area contributed by atoms with E-state index in [1.54, 1.807) is 0 Å². The Morgan fingerprint density at radius 2 is 1.30 bits per heavy atom. The Balaban J connectivity index is 0. The maximum Gasteiger partial charge on any atom is 0.0311 e. The Morgan fingerprint density at radius 3 is 1.30 bits per heavy atom. The molecule has 0 bridgehead atoms. The first kappa shape index (κ1) is 12.5. The van der Waals surface area contributed by atoms with Gasteiger partial charge in [-0.2, -0.15) is 0 Å². The molecule has 10 heavy (non-hydrogen) atoms. The fourth-order valence-electron chi connectivity index (χ4n) is 0.354. The molecule has 0 amide bonds. The van der Waals surface area contributed by atoms with Crippen LogP contribution in [0.25, 0.3) is 0 Å². The van der Waals surface area contributed by atoms with Gasteiger partial charge in [-0.1, -0.05) is 33.1 Å². The van der Waals surface area contributed by atoms with E-state index in [4.69, 9.17) is 17.5 Å². The van der Waals surface area contributed by atoms with E-state index < -0.39 is 10.4 Å². The van der Waals surface area contributed by atoms with E-state index in [0.29, 0.717) is 0 Å². The summed E-state index contributed by atoms with van der Waals surface area (Å²) in [5.41, 5.74) is 0. The van der Waals surface area contributed by atoms with Crippen molar-refractivity contribution in [1.82, 2.24) is 0 Å². The third kappa shape index (κ3) is 106. The van der Waals surface area contributed by atoms with Crippen LogP contribution in [0.2, 0.25) is 0 Å². The molecular weight excluding hydrogens is 156 g/mol. The second-order valence-electron chi connectivity index (χ2n) is 1.76. The smallest absolute Gasteiger partial charge is 0.0311 e. The molecule has 0 N–H and O–H groups in total. The molecule has 0 spiro atoms. The zero-order chi connectivity index (χ0) is 8.62. The lowest BCUT2D eigenvalue weighted by molar-refractivity contribution is 0.352. The van der Waals surface area contributed by atoms with Crippen LogP contribution in [0.3, 0.4) is 0 Å². The van der Waals surface area contributed by atoms with E-state index in [2.05, 4.69) is 13.8 Å². The van der Waals surface area contributed by atoms with Gasteiger partial charge in [-0.15, -0.1) is 0 Å². The third-order valence-electron chi connectivity index (χ3n) is 0.707. The lowest BCUT2D eigenvalue weighted by Crippen LogP contribution is -1.91. The molecule has 0 atom stereocenters. The van der Waals surface area contributed by atoms with Crippen LogP contribution >= 0.6 is 0 Å². The molecule has 0 aromatic rings. The first-order chi connectivity index (χ1) is 4.41. The molecule has 0 heterocycles. The summed E-state index contributed by atoms with van der Waals surface area (Å²) < 4.78 is 34.1. The molecule has 0 aliphatic heterocycles. The number of unbranched alkanes of at least 4 members (excludes halogenated alkanes) is 2. The minimum atomic E-state index is -5.17. The molecule has 0 aromatic carbocycles. The maximum atomic E-state index is 8.52. The highest BCUT2D eigenvalue weighted by atomic mass is 32.3. The second-order valence-corrected chi connectivity index (χ2v) is 2.58. The van der Waals surface area contributed by atoms with Crippen LogP contribution in [0.5, 0.6) is 0 Å². The molecule has 5 heteroatoms. The van der Waals surface area contributed by atoms with Crippen LogP contribution in [0.15, 0.2) is 0 Å². The summed E-state index contributed by atoms with van der Waals surface area (Å²) in [6, 6.07) is 0. The average Bonchev–Trinajstić information content (AvgIpc) is 1.63. The van der Waals surface area contributed by atoms with Crippen LogP contribution in [-0.2, 0) is 10.4 Å². The maximum absolute atomic E-state index is 8.52. The van der Waals surface area contributed by atoms with Crippen molar-refractivity contribution in [3.05, 3.63) is 0 Å². The van der Waals surface area contributed by atoms with Gasteiger partial charge in [-0.3, -0.25) is 8.42 Å². The van der Waals surface area contributed by atoms with E-state index in [-0.39, 0.29) is 0 Å². The molecule has 0 aromatic heterocycles. The molecular formula is C5H12O4S-2. The number of hydrogen-bond donors (Lipinski definition) is 0. The van der Waals surface area contributed by atoms with Crippen molar-refractivity contribution in [2.75, 3.05) is 0 Å². The Morgan fingerprint density at radius 1 is 1.10 bits per heavy atom. The predicted molar refractivity (Wildman–Crippen MR) is 35.7 cm³/mol. The lowest BCUT2D eigenvalue weighted by atomic mass is 10.3. The fourth-order valence-corrected chi connectivity index (χ4v) is 0.354. The second kappa shape index (κ2) is 6.98. The average molecular weight is 168 g/mol. The largest absolute Gasteiger partial charge is 0.759 e. The minimum Gasteiger partial charge on any atom is -0.759 e. The van der Waals surface area contributed by atoms with Gasteiger partial charge in [0.05, 0.1) is 0 Å². The minimum absolute atomic E-state index is 1.34. The van der Waals surface area contributed by atoms with Crippen molar-refractivity contribution in [3.8, 4) is 0 Å². The fraction of sp³-hybridized carbons (Fsp3) is 1.00. The highest BCUT2D eigenvalue weighted by Crippen LogP contribution is 1.88. The third-order valence-corrected chi connectivity index (χ3v) is 0.707. The van der Waals surface area contributed by atoms with Gasteiger partial charge < -0.3 is 9.11 Å². The molecule has 0 unspecified atom stereocenters. The molecule has 0 rings (SSSR count). The quantitative estimate of drug-likeness (QED) is 0.452. The predicted octanol–water partition coefficient (Wildman–Crippen LogP) is 0.859. The van der Waals surface area contributed by atoms with Gasteiger partial charge in [0.15, 0.2) is 0 Å². The van der Waals surface area contributed by atoms with Crippen LogP contribution in [0, 0.1) is 0 Å². The van der Waals surface area contributed by atoms with E-state index in [1.165, 1.54) is 19.3 Å². The topological polar surface area (TPSA) is 80.3 Å². The van der Waals surface area contributed by atoms with Crippen LogP contribution in [0.4, 0.5) is 0 Å². The lowest BCUT2D eigenvalue weighted by Gasteiger charge is -2.06. The highest BCUT2D eigenvalue weighted by Gasteiger charge is 1.68. The van der Waals surface area contributed by atoms with Gasteiger partial charge in [-0.05, 0) is 0 Å². The van der Waals surface area contributed by atoms with E-state index in [0.717, 1.165) is 0 Å². The molecule has 4 nitrogen and oxygen atoms in total. The first-order valence-corrected chi connectivity index (χ1v) is 4.41. The molecule has 64 valence electrons. The van der Waals surface area contributed by atoms with Crippen LogP contribution < -0.4 is 0 Å². The van der Waals surface area contributed by atoms with E-state index >= 15 is 0 Å². The zero-order valence-electron chi connectivity index (χ0n) is 6.16. The summed E-state index contributed by atoms with van der Waals surface area (Å²) in [4.78, 5) is 0. The summed E-state index contributed by atoms with van der Waals surface area (Å²) in [5, 5.41) is 0. The number of rotatable bonds is 2. The molecule has 0 saturated carbocycles. The Hall–Kier alpha value is -0.130. The van der Waals surface area contributed by atoms with Gasteiger partial charge in [0.1, 0.15) is 0 Å². The summed E-state index contributed by atoms with van der Waals surface area (Å²) in [6.07, 6.45) is 4.08. The van der Waals surface area contributed by atoms with E-state index in [9.17, 15) is 0 Å². The van der Waals surface area contributed by atoms with Crippen LogP contribution in [-0.4, -0.2) is 17.5 Å². The molecule has 0 aliphatic rings. The SMILES string of the molecule is CCCCC.O=S(=O)([O-])[O-]. The molecule has 0 radical (unpaired) electrons. The van der Waals surface area contributed by atoms with Crippen molar-refractivity contribution >= 4 is 10.4 Å². The number of hydrogen-bond acceptors (Lipinski definition) is 4. The molecule has 0 saturated heterocycles. The Labute approximate surface area is 61.8 Å². The van der Waals surface area contributed by atoms with Crippen molar-refractivity contribution in [3.63, 3.8) is 0 Å². The van der Waals surface area contributed by atoms with Crippen molar-refractivity contribution in [1.29, 1.82) is 0 Å². The standard InChI is InChI=1S/C5H12.H2O4S/c1-3-5-4-2;1-5(2,3)4/h3-5H2,1-2H3;(H2,1,2,3,4)/p-2. The Kier molecular flexibility index (Phi) is 8.75. The van der Waals surface area contributed by atoms with Gasteiger partial charge in [0.2, 0.25) is 0 Å². The zero-order valence-corrected chi connectivity index (χ0v) is 6.98. The van der Waals surface area contributed by atoms with Crippen molar-refractivity contribution in [2.45, 2.75) is 33.1 Å². The Bertz CT molecular complexity index is 128. The summed E-state index contributed by atoms with van der Waals surface area (Å²) >= 11 is 0. The van der Waals surface area contributed by atoms with Crippen molar-refractivity contribution < 1.29 is 17.5 Å². The normalized spacial score (nSPS) is 10.0. The van der Waals surface area contributed by atoms with E-state index in [1.807, 2.05) is 0 Å². The first-order valence-electron chi connectivity index (χ1n) is 3.08. The van der Waals surface area contributed by atoms with Gasteiger partial charge in [0.25, 0.3) is 0 Å². The van der Waals surface area contributed by atoms with Crippen molar-refractivity contribution in [2.24, 2.45) is 0 Å². The molecule has 0 fully saturated rings. The molecule has 0 aliphatic carbocycles. The summed E-state index contributed by atoms with van der Waals surface area (Å²) in [6.45, 7) is 4.42. The van der Waals surface area contributed by atoms with Gasteiger partial charge >= 0.3 is 0 Å². The summed E-state index contributed by atoms with van der Waals surface area (Å²) in [7, 11) is -5.17. The summed E-state index contributed by atoms with van der Waals surface area (Å²) in [5.74, 6) is 0. The van der Waals surface area contributed by atoms with Gasteiger partial charge in [-0.25, -0.2) is 0 Å². The highest BCUT2D eigenvalue weighted by molar-refractivity contribution is 7.79. The van der Waals surface area contributed by atoms with Gasteiger partial charge in [0, 0.05) is 10.4 Å². The monoisotopic (exact) mass is 168 g/mol. The van der Waals surface area contributed by atoms with Crippen LogP contribution in [0.1, 0.15) is 33.1 Å².